The number of aromatic nitrogens is 2. The summed E-state index contributed by atoms with van der Waals surface area (Å²) in [5.74, 6) is 5.61. The largest absolute Gasteiger partial charge is 0.416 e. The molecule has 9 heteroatoms. The van der Waals surface area contributed by atoms with Crippen molar-refractivity contribution in [3.8, 4) is 11.8 Å². The molecular formula is C31H28F3N5O. The number of rotatable bonds is 4. The predicted molar refractivity (Wildman–Crippen MR) is 149 cm³/mol. The first kappa shape index (κ1) is 27.3. The fourth-order valence-electron chi connectivity index (χ4n) is 4.63. The second kappa shape index (κ2) is 11.5. The number of piperazine rings is 1. The highest BCUT2D eigenvalue weighted by molar-refractivity contribution is 6.04. The van der Waals surface area contributed by atoms with Gasteiger partial charge in [-0.25, -0.2) is 0 Å². The third-order valence-electron chi connectivity index (χ3n) is 6.97. The van der Waals surface area contributed by atoms with Crippen LogP contribution in [0.2, 0.25) is 0 Å². The van der Waals surface area contributed by atoms with E-state index in [2.05, 4.69) is 37.2 Å². The second-order valence-corrected chi connectivity index (χ2v) is 10.0. The number of nitrogens with one attached hydrogen (secondary N) is 1. The maximum absolute atomic E-state index is 13.7. The van der Waals surface area contributed by atoms with Crippen molar-refractivity contribution in [1.29, 1.82) is 0 Å². The standard InChI is InChI=1S/C31H28F3N5O/c1-21-7-8-24(17-23(21)9-10-29-28-6-4-3-5-25(28)19-35-37-29)30(40)36-27-16-22(15-26(18-27)31(32,33)34)20-39-13-11-38(2)12-14-39/h3-8,15-19H,11-14,20H2,1-2H3,(H,36,40). The summed E-state index contributed by atoms with van der Waals surface area (Å²) < 4.78 is 41.1. The first-order valence-electron chi connectivity index (χ1n) is 12.9. The van der Waals surface area contributed by atoms with Gasteiger partial charge >= 0.3 is 6.18 Å². The maximum Gasteiger partial charge on any atom is 0.416 e. The molecule has 1 aliphatic rings. The highest BCUT2D eigenvalue weighted by Crippen LogP contribution is 2.32. The van der Waals surface area contributed by atoms with Gasteiger partial charge in [0.05, 0.1) is 11.8 Å². The zero-order valence-electron chi connectivity index (χ0n) is 22.2. The average Bonchev–Trinajstić information content (AvgIpc) is 2.93. The van der Waals surface area contributed by atoms with Crippen LogP contribution in [0.15, 0.2) is 66.9 Å². The molecule has 204 valence electrons. The number of fused-ring (bicyclic) bond motifs is 1. The Hall–Kier alpha value is -4.26. The van der Waals surface area contributed by atoms with E-state index in [0.717, 1.165) is 54.6 Å². The molecule has 0 atom stereocenters. The van der Waals surface area contributed by atoms with Gasteiger partial charge in [-0.05, 0) is 61.4 Å². The lowest BCUT2D eigenvalue weighted by Crippen LogP contribution is -2.43. The molecule has 1 fully saturated rings. The lowest BCUT2D eigenvalue weighted by Gasteiger charge is -2.32. The highest BCUT2D eigenvalue weighted by Gasteiger charge is 2.31. The van der Waals surface area contributed by atoms with Gasteiger partial charge in [-0.15, -0.1) is 5.10 Å². The van der Waals surface area contributed by atoms with Crippen molar-refractivity contribution in [3.05, 3.63) is 100 Å². The molecule has 1 saturated heterocycles. The lowest BCUT2D eigenvalue weighted by atomic mass is 10.0. The minimum atomic E-state index is -4.53. The summed E-state index contributed by atoms with van der Waals surface area (Å²) in [6.07, 6.45) is -2.87. The Labute approximate surface area is 230 Å². The number of nitrogens with zero attached hydrogens (tertiary/aromatic N) is 4. The Morgan fingerprint density at radius 3 is 2.55 bits per heavy atom. The molecule has 0 spiro atoms. The fourth-order valence-corrected chi connectivity index (χ4v) is 4.63. The summed E-state index contributed by atoms with van der Waals surface area (Å²) >= 11 is 0. The van der Waals surface area contributed by atoms with Crippen molar-refractivity contribution in [2.45, 2.75) is 19.6 Å². The van der Waals surface area contributed by atoms with E-state index < -0.39 is 17.6 Å². The van der Waals surface area contributed by atoms with E-state index in [4.69, 9.17) is 0 Å². The van der Waals surface area contributed by atoms with Crippen LogP contribution in [0.5, 0.6) is 0 Å². The number of likely N-dealkylation sites (N-methyl/N-ethyl adjacent to an activating group) is 1. The molecule has 0 radical (unpaired) electrons. The average molecular weight is 544 g/mol. The Bertz CT molecular complexity index is 1610. The van der Waals surface area contributed by atoms with E-state index in [1.807, 2.05) is 38.2 Å². The summed E-state index contributed by atoms with van der Waals surface area (Å²) in [7, 11) is 2.02. The third-order valence-corrected chi connectivity index (χ3v) is 6.97. The summed E-state index contributed by atoms with van der Waals surface area (Å²) in [6.45, 7) is 5.50. The Morgan fingerprint density at radius 2 is 1.77 bits per heavy atom. The van der Waals surface area contributed by atoms with Gasteiger partial charge in [0.15, 0.2) is 0 Å². The topological polar surface area (TPSA) is 61.4 Å². The Balaban J connectivity index is 1.39. The van der Waals surface area contributed by atoms with Crippen molar-refractivity contribution in [1.82, 2.24) is 20.0 Å². The Morgan fingerprint density at radius 1 is 1.00 bits per heavy atom. The van der Waals surface area contributed by atoms with Gasteiger partial charge in [-0.2, -0.15) is 18.3 Å². The molecule has 0 saturated carbocycles. The molecule has 5 rings (SSSR count). The van der Waals surface area contributed by atoms with E-state index in [9.17, 15) is 18.0 Å². The summed E-state index contributed by atoms with van der Waals surface area (Å²) in [4.78, 5) is 17.4. The van der Waals surface area contributed by atoms with Crippen LogP contribution < -0.4 is 5.32 Å². The van der Waals surface area contributed by atoms with Crippen LogP contribution in [0.1, 0.15) is 38.3 Å². The second-order valence-electron chi connectivity index (χ2n) is 10.0. The van der Waals surface area contributed by atoms with Gasteiger partial charge in [-0.3, -0.25) is 9.69 Å². The van der Waals surface area contributed by atoms with Crippen molar-refractivity contribution < 1.29 is 18.0 Å². The molecule has 3 aromatic carbocycles. The molecule has 40 heavy (non-hydrogen) atoms. The zero-order valence-corrected chi connectivity index (χ0v) is 22.2. The summed E-state index contributed by atoms with van der Waals surface area (Å²) in [6, 6.07) is 16.4. The van der Waals surface area contributed by atoms with E-state index in [-0.39, 0.29) is 11.3 Å². The van der Waals surface area contributed by atoms with Gasteiger partial charge in [0, 0.05) is 60.3 Å². The van der Waals surface area contributed by atoms with Crippen molar-refractivity contribution in [2.24, 2.45) is 0 Å². The van der Waals surface area contributed by atoms with Crippen LogP contribution in [0.4, 0.5) is 18.9 Å². The van der Waals surface area contributed by atoms with Crippen LogP contribution in [0.3, 0.4) is 0 Å². The first-order chi connectivity index (χ1) is 19.2. The summed E-state index contributed by atoms with van der Waals surface area (Å²) in [5, 5.41) is 12.6. The fraction of sp³-hybridized carbons (Fsp3) is 0.258. The number of carbonyl (C=O) groups is 1. The van der Waals surface area contributed by atoms with Crippen molar-refractivity contribution in [3.63, 3.8) is 0 Å². The number of amides is 1. The number of hydrogen-bond acceptors (Lipinski definition) is 5. The summed E-state index contributed by atoms with van der Waals surface area (Å²) in [5.41, 5.74) is 2.08. The normalized spacial score (nSPS) is 14.5. The Kier molecular flexibility index (Phi) is 7.83. The molecule has 4 aromatic rings. The van der Waals surface area contributed by atoms with Crippen molar-refractivity contribution >= 4 is 22.4 Å². The molecule has 1 amide bonds. The molecular weight excluding hydrogens is 515 g/mol. The maximum atomic E-state index is 13.7. The van der Waals surface area contributed by atoms with E-state index in [1.54, 1.807) is 30.5 Å². The van der Waals surface area contributed by atoms with Crippen LogP contribution in [-0.4, -0.2) is 59.1 Å². The van der Waals surface area contributed by atoms with Gasteiger partial charge in [0.2, 0.25) is 0 Å². The van der Waals surface area contributed by atoms with Crippen LogP contribution >= 0.6 is 0 Å². The number of aryl methyl sites for hydroxylation is 1. The number of anilines is 1. The number of hydrogen-bond donors (Lipinski definition) is 1. The first-order valence-corrected chi connectivity index (χ1v) is 12.9. The van der Waals surface area contributed by atoms with Gasteiger partial charge < -0.3 is 10.2 Å². The molecule has 6 nitrogen and oxygen atoms in total. The van der Waals surface area contributed by atoms with Gasteiger partial charge in [-0.1, -0.05) is 36.3 Å². The monoisotopic (exact) mass is 543 g/mol. The zero-order chi connectivity index (χ0) is 28.3. The molecule has 1 aliphatic heterocycles. The number of halogens is 3. The number of benzene rings is 3. The van der Waals surface area contributed by atoms with Gasteiger partial charge in [0.25, 0.3) is 5.91 Å². The molecule has 0 aliphatic carbocycles. The molecule has 1 N–H and O–H groups in total. The third kappa shape index (κ3) is 6.47. The molecule has 0 unspecified atom stereocenters. The smallest absolute Gasteiger partial charge is 0.322 e. The predicted octanol–water partition coefficient (Wildman–Crippen LogP) is 5.36. The van der Waals surface area contributed by atoms with E-state index >= 15 is 0 Å². The molecule has 1 aromatic heterocycles. The molecule has 2 heterocycles. The lowest BCUT2D eigenvalue weighted by molar-refractivity contribution is -0.137. The van der Waals surface area contributed by atoms with Crippen LogP contribution in [0.25, 0.3) is 10.8 Å². The van der Waals surface area contributed by atoms with Crippen LogP contribution in [0, 0.1) is 18.8 Å². The van der Waals surface area contributed by atoms with Gasteiger partial charge in [0.1, 0.15) is 5.69 Å². The van der Waals surface area contributed by atoms with E-state index in [0.29, 0.717) is 23.4 Å². The van der Waals surface area contributed by atoms with Crippen molar-refractivity contribution in [2.75, 3.05) is 38.5 Å². The minimum absolute atomic E-state index is 0.100. The quantitative estimate of drug-likeness (QED) is 0.352. The van der Waals surface area contributed by atoms with E-state index in [1.165, 1.54) is 0 Å². The number of alkyl halides is 3. The SMILES string of the molecule is Cc1ccc(C(=O)Nc2cc(CN3CCN(C)CC3)cc(C(F)(F)F)c2)cc1C#Cc1nncc2ccccc12. The molecule has 0 bridgehead atoms. The number of carbonyl (C=O) groups excluding carboxylic acids is 1. The minimum Gasteiger partial charge on any atom is -0.322 e. The van der Waals surface area contributed by atoms with Crippen LogP contribution in [-0.2, 0) is 12.7 Å². The highest BCUT2D eigenvalue weighted by atomic mass is 19.4.